The van der Waals surface area contributed by atoms with Gasteiger partial charge in [0.15, 0.2) is 11.5 Å². The Hall–Kier alpha value is -3.55. The Kier molecular flexibility index (Phi) is 4.12. The molecule has 0 saturated carbocycles. The molecule has 0 spiro atoms. The molecule has 0 unspecified atom stereocenters. The highest BCUT2D eigenvalue weighted by molar-refractivity contribution is 5.94. The van der Waals surface area contributed by atoms with Gasteiger partial charge in [-0.3, -0.25) is 10.1 Å². The number of hydrogen-bond acceptors (Lipinski definition) is 6. The number of nitrogens with zero attached hydrogens (tertiary/aromatic N) is 6. The third-order valence-electron chi connectivity index (χ3n) is 5.43. The summed E-state index contributed by atoms with van der Waals surface area (Å²) < 4.78 is 1.95. The number of hydrogen-bond donors (Lipinski definition) is 0. The van der Waals surface area contributed by atoms with E-state index < -0.39 is 4.92 Å². The molecule has 1 fully saturated rings. The monoisotopic (exact) mass is 388 g/mol. The predicted molar refractivity (Wildman–Crippen MR) is 111 cm³/mol. The van der Waals surface area contributed by atoms with Gasteiger partial charge < -0.3 is 4.90 Å². The van der Waals surface area contributed by atoms with Gasteiger partial charge in [0.2, 0.25) is 5.95 Å². The van der Waals surface area contributed by atoms with Gasteiger partial charge in [0.25, 0.3) is 5.69 Å². The summed E-state index contributed by atoms with van der Waals surface area (Å²) in [6, 6.07) is 12.6. The van der Waals surface area contributed by atoms with Crippen LogP contribution in [0.25, 0.3) is 27.9 Å². The van der Waals surface area contributed by atoms with Gasteiger partial charge in [0, 0.05) is 36.2 Å². The molecular weight excluding hydrogens is 368 g/mol. The van der Waals surface area contributed by atoms with Crippen molar-refractivity contribution in [3.63, 3.8) is 0 Å². The van der Waals surface area contributed by atoms with Crippen LogP contribution in [-0.2, 0) is 0 Å². The molecule has 3 heterocycles. The molecule has 8 heteroatoms. The molecule has 2 aromatic carbocycles. The number of nitro groups is 1. The van der Waals surface area contributed by atoms with E-state index in [-0.39, 0.29) is 5.69 Å². The number of aromatic nitrogens is 4. The molecule has 2 aromatic heterocycles. The van der Waals surface area contributed by atoms with Crippen molar-refractivity contribution in [3.8, 4) is 11.4 Å². The van der Waals surface area contributed by atoms with Crippen molar-refractivity contribution in [2.45, 2.75) is 26.2 Å². The van der Waals surface area contributed by atoms with Crippen LogP contribution >= 0.6 is 0 Å². The standard InChI is InChI=1S/C21H20N6O2/c1-14-8-9-18-17(12-14)20-24-23-19(15-6-5-7-16(13-15)27(28)29)26(20)21(22-18)25-10-3-2-4-11-25/h5-9,12-13H,2-4,10-11H2,1H3. The van der Waals surface area contributed by atoms with E-state index in [1.54, 1.807) is 6.07 Å². The van der Waals surface area contributed by atoms with Crippen molar-refractivity contribution in [2.75, 3.05) is 18.0 Å². The second-order valence-corrected chi connectivity index (χ2v) is 7.47. The van der Waals surface area contributed by atoms with Crippen LogP contribution in [-0.4, -0.2) is 37.6 Å². The maximum atomic E-state index is 11.3. The number of benzene rings is 2. The van der Waals surface area contributed by atoms with Gasteiger partial charge in [-0.1, -0.05) is 23.8 Å². The minimum atomic E-state index is -0.394. The van der Waals surface area contributed by atoms with E-state index in [2.05, 4.69) is 21.2 Å². The number of rotatable bonds is 3. The summed E-state index contributed by atoms with van der Waals surface area (Å²) in [5.74, 6) is 1.36. The number of non-ortho nitro benzene ring substituents is 1. The average Bonchev–Trinajstić information content (AvgIpc) is 3.19. The van der Waals surface area contributed by atoms with Gasteiger partial charge in [0.1, 0.15) is 0 Å². The lowest BCUT2D eigenvalue weighted by atomic mass is 10.1. The van der Waals surface area contributed by atoms with Crippen molar-refractivity contribution in [3.05, 3.63) is 58.1 Å². The molecule has 4 aromatic rings. The van der Waals surface area contributed by atoms with E-state index in [9.17, 15) is 10.1 Å². The number of anilines is 1. The maximum Gasteiger partial charge on any atom is 0.270 e. The van der Waals surface area contributed by atoms with Crippen molar-refractivity contribution in [2.24, 2.45) is 0 Å². The first-order valence-electron chi connectivity index (χ1n) is 9.77. The first-order valence-corrected chi connectivity index (χ1v) is 9.77. The summed E-state index contributed by atoms with van der Waals surface area (Å²) in [4.78, 5) is 18.1. The molecular formula is C21H20N6O2. The largest absolute Gasteiger partial charge is 0.342 e. The molecule has 5 rings (SSSR count). The van der Waals surface area contributed by atoms with E-state index in [1.165, 1.54) is 18.6 Å². The number of piperidine rings is 1. The SMILES string of the molecule is Cc1ccc2nc(N3CCCCC3)n3c(-c4cccc([N+](=O)[O-])c4)nnc3c2c1. The summed E-state index contributed by atoms with van der Waals surface area (Å²) in [6.45, 7) is 3.88. The smallest absolute Gasteiger partial charge is 0.270 e. The maximum absolute atomic E-state index is 11.3. The van der Waals surface area contributed by atoms with Crippen LogP contribution in [0.4, 0.5) is 11.6 Å². The summed E-state index contributed by atoms with van der Waals surface area (Å²) in [7, 11) is 0. The number of fused-ring (bicyclic) bond motifs is 3. The van der Waals surface area contributed by atoms with Gasteiger partial charge in [0.05, 0.1) is 10.4 Å². The molecule has 0 bridgehead atoms. The molecule has 0 atom stereocenters. The van der Waals surface area contributed by atoms with Crippen LogP contribution in [0.1, 0.15) is 24.8 Å². The fourth-order valence-electron chi connectivity index (χ4n) is 3.98. The summed E-state index contributed by atoms with van der Waals surface area (Å²) in [5, 5.41) is 21.1. The molecule has 1 aliphatic heterocycles. The van der Waals surface area contributed by atoms with Crippen molar-refractivity contribution in [1.29, 1.82) is 0 Å². The Morgan fingerprint density at radius 1 is 1.03 bits per heavy atom. The van der Waals surface area contributed by atoms with Crippen LogP contribution in [0.5, 0.6) is 0 Å². The zero-order valence-corrected chi connectivity index (χ0v) is 16.1. The quantitative estimate of drug-likeness (QED) is 0.387. The van der Waals surface area contributed by atoms with Gasteiger partial charge in [-0.05, 0) is 38.3 Å². The molecule has 0 radical (unpaired) electrons. The highest BCUT2D eigenvalue weighted by Gasteiger charge is 2.22. The number of nitro benzene ring substituents is 1. The third kappa shape index (κ3) is 2.97. The average molecular weight is 388 g/mol. The van der Waals surface area contributed by atoms with Gasteiger partial charge in [-0.25, -0.2) is 9.38 Å². The molecule has 146 valence electrons. The van der Waals surface area contributed by atoms with E-state index in [4.69, 9.17) is 4.98 Å². The highest BCUT2D eigenvalue weighted by atomic mass is 16.6. The lowest BCUT2D eigenvalue weighted by Crippen LogP contribution is -2.32. The van der Waals surface area contributed by atoms with Crippen molar-refractivity contribution < 1.29 is 4.92 Å². The summed E-state index contributed by atoms with van der Waals surface area (Å²) in [5.41, 5.74) is 3.40. The Labute approximate surface area is 167 Å². The second kappa shape index (κ2) is 6.80. The van der Waals surface area contributed by atoms with E-state index in [0.29, 0.717) is 11.4 Å². The minimum absolute atomic E-state index is 0.0309. The predicted octanol–water partition coefficient (Wildman–Crippen LogP) is 4.15. The Morgan fingerprint density at radius 3 is 2.66 bits per heavy atom. The highest BCUT2D eigenvalue weighted by Crippen LogP contribution is 2.31. The topological polar surface area (TPSA) is 89.5 Å². The molecule has 1 saturated heterocycles. The van der Waals surface area contributed by atoms with Crippen molar-refractivity contribution >= 4 is 28.2 Å². The van der Waals surface area contributed by atoms with E-state index >= 15 is 0 Å². The first kappa shape index (κ1) is 17.5. The second-order valence-electron chi connectivity index (χ2n) is 7.47. The van der Waals surface area contributed by atoms with E-state index in [1.807, 2.05) is 29.5 Å². The first-order chi connectivity index (χ1) is 14.1. The third-order valence-corrected chi connectivity index (χ3v) is 5.43. The molecule has 0 N–H and O–H groups in total. The normalized spacial score (nSPS) is 14.6. The summed E-state index contributed by atoms with van der Waals surface area (Å²) >= 11 is 0. The molecule has 29 heavy (non-hydrogen) atoms. The number of aryl methyl sites for hydroxylation is 1. The fraction of sp³-hybridized carbons (Fsp3) is 0.286. The Bertz CT molecular complexity index is 1240. The van der Waals surface area contributed by atoms with Crippen LogP contribution in [0, 0.1) is 17.0 Å². The molecule has 8 nitrogen and oxygen atoms in total. The van der Waals surface area contributed by atoms with Crippen molar-refractivity contribution in [1.82, 2.24) is 19.6 Å². The van der Waals surface area contributed by atoms with Crippen LogP contribution < -0.4 is 4.90 Å². The zero-order chi connectivity index (χ0) is 20.0. The zero-order valence-electron chi connectivity index (χ0n) is 16.1. The van der Waals surface area contributed by atoms with Gasteiger partial charge in [-0.2, -0.15) is 0 Å². The van der Waals surface area contributed by atoms with E-state index in [0.717, 1.165) is 54.0 Å². The van der Waals surface area contributed by atoms with Gasteiger partial charge in [-0.15, -0.1) is 10.2 Å². The lowest BCUT2D eigenvalue weighted by Gasteiger charge is -2.28. The Balaban J connectivity index is 1.81. The Morgan fingerprint density at radius 2 is 1.86 bits per heavy atom. The minimum Gasteiger partial charge on any atom is -0.342 e. The fourth-order valence-corrected chi connectivity index (χ4v) is 3.98. The van der Waals surface area contributed by atoms with Crippen LogP contribution in [0.3, 0.4) is 0 Å². The molecule has 0 amide bonds. The molecule has 1 aliphatic rings. The summed E-state index contributed by atoms with van der Waals surface area (Å²) in [6.07, 6.45) is 3.44. The lowest BCUT2D eigenvalue weighted by molar-refractivity contribution is -0.384. The molecule has 0 aliphatic carbocycles. The van der Waals surface area contributed by atoms with Gasteiger partial charge >= 0.3 is 0 Å². The van der Waals surface area contributed by atoms with Crippen LogP contribution in [0.2, 0.25) is 0 Å². The van der Waals surface area contributed by atoms with Crippen LogP contribution in [0.15, 0.2) is 42.5 Å².